The predicted octanol–water partition coefficient (Wildman–Crippen LogP) is 2.64. The summed E-state index contributed by atoms with van der Waals surface area (Å²) in [6, 6.07) is -1.13. The van der Waals surface area contributed by atoms with Gasteiger partial charge in [-0.15, -0.1) is 0 Å². The lowest BCUT2D eigenvalue weighted by Gasteiger charge is -2.35. The number of rotatable bonds is 8. The average Bonchev–Trinajstić information content (AvgIpc) is 2.54. The quantitative estimate of drug-likeness (QED) is 0.317. The SMILES string of the molecule is CCOC(=O)C1=C[C@@H](OC(CC)CC)[C@H](N=[N+]=[N-])[C@@H](NC(C)=O)C1. The van der Waals surface area contributed by atoms with Crippen LogP contribution in [0.1, 0.15) is 47.0 Å². The fourth-order valence-corrected chi connectivity index (χ4v) is 2.75. The van der Waals surface area contributed by atoms with Gasteiger partial charge in [0.2, 0.25) is 5.91 Å². The molecule has 0 aliphatic heterocycles. The largest absolute Gasteiger partial charge is 0.463 e. The lowest BCUT2D eigenvalue weighted by Crippen LogP contribution is -2.51. The summed E-state index contributed by atoms with van der Waals surface area (Å²) in [6.07, 6.45) is 2.88. The van der Waals surface area contributed by atoms with E-state index in [-0.39, 0.29) is 25.0 Å². The van der Waals surface area contributed by atoms with Crippen LogP contribution >= 0.6 is 0 Å². The molecule has 0 heterocycles. The van der Waals surface area contributed by atoms with Gasteiger partial charge in [-0.2, -0.15) is 0 Å². The number of hydrogen-bond donors (Lipinski definition) is 1. The van der Waals surface area contributed by atoms with Crippen LogP contribution in [0, 0.1) is 0 Å². The number of hydrogen-bond acceptors (Lipinski definition) is 5. The first-order chi connectivity index (χ1) is 11.5. The van der Waals surface area contributed by atoms with Crippen LogP contribution in [0.2, 0.25) is 0 Å². The fraction of sp³-hybridized carbons (Fsp3) is 0.750. The first kappa shape index (κ1) is 20.0. The molecule has 1 amide bonds. The summed E-state index contributed by atoms with van der Waals surface area (Å²) in [5.41, 5.74) is 9.30. The molecule has 0 bridgehead atoms. The molecule has 1 rings (SSSR count). The number of amides is 1. The predicted molar refractivity (Wildman–Crippen MR) is 89.1 cm³/mol. The molecule has 8 nitrogen and oxygen atoms in total. The van der Waals surface area contributed by atoms with Gasteiger partial charge in [-0.3, -0.25) is 4.79 Å². The second kappa shape index (κ2) is 9.95. The van der Waals surface area contributed by atoms with Crippen LogP contribution in [0.15, 0.2) is 16.8 Å². The molecule has 24 heavy (non-hydrogen) atoms. The third-order valence-electron chi connectivity index (χ3n) is 3.93. The van der Waals surface area contributed by atoms with Crippen LogP contribution < -0.4 is 5.32 Å². The van der Waals surface area contributed by atoms with Crippen molar-refractivity contribution in [1.29, 1.82) is 0 Å². The van der Waals surface area contributed by atoms with Gasteiger partial charge in [0.25, 0.3) is 0 Å². The van der Waals surface area contributed by atoms with Gasteiger partial charge in [-0.1, -0.05) is 19.0 Å². The summed E-state index contributed by atoms with van der Waals surface area (Å²) in [5.74, 6) is -0.699. The van der Waals surface area contributed by atoms with E-state index in [0.29, 0.717) is 5.57 Å². The lowest BCUT2D eigenvalue weighted by molar-refractivity contribution is -0.139. The van der Waals surface area contributed by atoms with Gasteiger partial charge in [0.15, 0.2) is 0 Å². The molecule has 1 N–H and O–H groups in total. The Bertz CT molecular complexity index is 524. The standard InChI is InChI=1S/C16H26N4O4/c1-5-12(6-2)24-14-9-11(16(22)23-7-3)8-13(18-10(4)21)15(14)19-20-17/h9,12-15H,5-8H2,1-4H3,(H,18,21)/t13-,14+,15+/m0/s1. The molecule has 0 radical (unpaired) electrons. The van der Waals surface area contributed by atoms with Gasteiger partial charge in [-0.05, 0) is 31.4 Å². The Morgan fingerprint density at radius 2 is 2.08 bits per heavy atom. The minimum absolute atomic E-state index is 0.0258. The number of esters is 1. The zero-order chi connectivity index (χ0) is 18.1. The minimum Gasteiger partial charge on any atom is -0.463 e. The molecular formula is C16H26N4O4. The van der Waals surface area contributed by atoms with Crippen LogP contribution in [0.5, 0.6) is 0 Å². The minimum atomic E-state index is -0.613. The molecular weight excluding hydrogens is 312 g/mol. The summed E-state index contributed by atoms with van der Waals surface area (Å²) in [6.45, 7) is 7.38. The number of azide groups is 1. The Balaban J connectivity index is 3.16. The monoisotopic (exact) mass is 338 g/mol. The maximum atomic E-state index is 12.1. The van der Waals surface area contributed by atoms with Gasteiger partial charge < -0.3 is 14.8 Å². The van der Waals surface area contributed by atoms with E-state index in [0.717, 1.165) is 12.8 Å². The van der Waals surface area contributed by atoms with E-state index in [4.69, 9.17) is 15.0 Å². The second-order valence-electron chi connectivity index (χ2n) is 5.66. The molecule has 0 spiro atoms. The average molecular weight is 338 g/mol. The molecule has 0 aromatic rings. The second-order valence-corrected chi connectivity index (χ2v) is 5.66. The molecule has 3 atom stereocenters. The van der Waals surface area contributed by atoms with Crippen molar-refractivity contribution in [3.05, 3.63) is 22.1 Å². The van der Waals surface area contributed by atoms with E-state index in [2.05, 4.69) is 15.3 Å². The van der Waals surface area contributed by atoms with Crippen molar-refractivity contribution in [2.45, 2.75) is 71.2 Å². The molecule has 0 aromatic heterocycles. The first-order valence-corrected chi connectivity index (χ1v) is 8.31. The number of ether oxygens (including phenoxy) is 2. The van der Waals surface area contributed by atoms with Gasteiger partial charge in [0.1, 0.15) is 0 Å². The summed E-state index contributed by atoms with van der Waals surface area (Å²) >= 11 is 0. The Hall–Kier alpha value is -2.05. The number of carbonyl (C=O) groups excluding carboxylic acids is 2. The molecule has 0 saturated carbocycles. The molecule has 0 fully saturated rings. The summed E-state index contributed by atoms with van der Waals surface area (Å²) in [4.78, 5) is 26.5. The smallest absolute Gasteiger partial charge is 0.333 e. The Morgan fingerprint density at radius 3 is 2.58 bits per heavy atom. The van der Waals surface area contributed by atoms with E-state index < -0.39 is 24.2 Å². The van der Waals surface area contributed by atoms with Crippen molar-refractivity contribution in [3.8, 4) is 0 Å². The van der Waals surface area contributed by atoms with Gasteiger partial charge in [-0.25, -0.2) is 4.79 Å². The topological polar surface area (TPSA) is 113 Å². The molecule has 1 aliphatic carbocycles. The third-order valence-corrected chi connectivity index (χ3v) is 3.93. The molecule has 0 saturated heterocycles. The van der Waals surface area contributed by atoms with Crippen molar-refractivity contribution >= 4 is 11.9 Å². The maximum absolute atomic E-state index is 12.1. The van der Waals surface area contributed by atoms with Crippen LogP contribution in [-0.2, 0) is 19.1 Å². The van der Waals surface area contributed by atoms with Crippen molar-refractivity contribution in [2.75, 3.05) is 6.61 Å². The Morgan fingerprint density at radius 1 is 1.42 bits per heavy atom. The van der Waals surface area contributed by atoms with E-state index in [1.165, 1.54) is 6.92 Å². The zero-order valence-corrected chi connectivity index (χ0v) is 14.7. The lowest BCUT2D eigenvalue weighted by atomic mass is 9.88. The molecule has 0 aromatic carbocycles. The van der Waals surface area contributed by atoms with E-state index in [1.807, 2.05) is 13.8 Å². The highest BCUT2D eigenvalue weighted by molar-refractivity contribution is 5.89. The van der Waals surface area contributed by atoms with E-state index in [1.54, 1.807) is 13.0 Å². The van der Waals surface area contributed by atoms with E-state index >= 15 is 0 Å². The molecule has 0 unspecified atom stereocenters. The van der Waals surface area contributed by atoms with E-state index in [9.17, 15) is 9.59 Å². The molecule has 1 aliphatic rings. The van der Waals surface area contributed by atoms with Gasteiger partial charge in [0, 0.05) is 29.9 Å². The van der Waals surface area contributed by atoms with Gasteiger partial charge >= 0.3 is 5.97 Å². The first-order valence-electron chi connectivity index (χ1n) is 8.31. The molecule has 134 valence electrons. The summed E-state index contributed by atoms with van der Waals surface area (Å²) < 4.78 is 11.1. The number of nitrogens with one attached hydrogen (secondary N) is 1. The van der Waals surface area contributed by atoms with Crippen LogP contribution in [0.25, 0.3) is 10.4 Å². The normalized spacial score (nSPS) is 23.2. The number of nitrogens with zero attached hydrogens (tertiary/aromatic N) is 3. The van der Waals surface area contributed by atoms with Crippen molar-refractivity contribution in [1.82, 2.24) is 5.32 Å². The Labute approximate surface area is 142 Å². The highest BCUT2D eigenvalue weighted by atomic mass is 16.5. The number of carbonyl (C=O) groups is 2. The molecule has 8 heteroatoms. The summed E-state index contributed by atoms with van der Waals surface area (Å²) in [7, 11) is 0. The highest BCUT2D eigenvalue weighted by Gasteiger charge is 2.37. The van der Waals surface area contributed by atoms with Gasteiger partial charge in [0.05, 0.1) is 24.9 Å². The van der Waals surface area contributed by atoms with Crippen molar-refractivity contribution in [2.24, 2.45) is 5.11 Å². The van der Waals surface area contributed by atoms with Crippen molar-refractivity contribution in [3.63, 3.8) is 0 Å². The summed E-state index contributed by atoms with van der Waals surface area (Å²) in [5, 5.41) is 6.56. The maximum Gasteiger partial charge on any atom is 0.333 e. The Kier molecular flexibility index (Phi) is 8.29. The van der Waals surface area contributed by atoms with Crippen LogP contribution in [0.4, 0.5) is 0 Å². The third kappa shape index (κ3) is 5.54. The highest BCUT2D eigenvalue weighted by Crippen LogP contribution is 2.27. The zero-order valence-electron chi connectivity index (χ0n) is 14.7. The fourth-order valence-electron chi connectivity index (χ4n) is 2.75. The van der Waals surface area contributed by atoms with Crippen LogP contribution in [0.3, 0.4) is 0 Å². The van der Waals surface area contributed by atoms with Crippen molar-refractivity contribution < 1.29 is 19.1 Å². The van der Waals surface area contributed by atoms with Crippen LogP contribution in [-0.4, -0.2) is 42.8 Å².